The highest BCUT2D eigenvalue weighted by Gasteiger charge is 2.25. The van der Waals surface area contributed by atoms with Crippen LogP contribution in [-0.2, 0) is 32.7 Å². The van der Waals surface area contributed by atoms with Crippen LogP contribution in [0.25, 0.3) is 0 Å². The lowest BCUT2D eigenvalue weighted by Gasteiger charge is -2.19. The highest BCUT2D eigenvalue weighted by atomic mass is 31.2. The smallest absolute Gasteiger partial charge is 0.462 e. The summed E-state index contributed by atoms with van der Waals surface area (Å²) in [7, 11) is -4.38. The van der Waals surface area contributed by atoms with Gasteiger partial charge in [0.1, 0.15) is 6.61 Å². The van der Waals surface area contributed by atoms with Gasteiger partial charge in [0.2, 0.25) is 0 Å². The van der Waals surface area contributed by atoms with Gasteiger partial charge in [0, 0.05) is 19.4 Å². The number of carbonyl (C=O) groups excluding carboxylic acids is 2. The molecule has 0 fully saturated rings. The first-order valence-electron chi connectivity index (χ1n) is 21.5. The zero-order chi connectivity index (χ0) is 38.9. The standard InChI is InChI=1S/C43H80NO8P/c1-3-5-7-9-11-13-15-17-19-20-22-23-25-27-29-31-33-35-42(45)49-39-41(40-51-53(47,48)50-38-37-44)52-43(46)36-34-32-30-28-26-24-21-18-16-14-12-10-8-6-4-2/h10,12,22-23,27,29,41H,3-9,11,13-21,24-26,28,30-40,44H2,1-2H3,(H,47,48)/b12-10+,23-22+,29-27+/t41-/m1/s1. The minimum atomic E-state index is -4.38. The average molecular weight is 770 g/mol. The van der Waals surface area contributed by atoms with Crippen LogP contribution < -0.4 is 5.73 Å². The van der Waals surface area contributed by atoms with Gasteiger partial charge in [-0.1, -0.05) is 159 Å². The van der Waals surface area contributed by atoms with E-state index in [-0.39, 0.29) is 32.6 Å². The van der Waals surface area contributed by atoms with Gasteiger partial charge in [-0.25, -0.2) is 4.57 Å². The van der Waals surface area contributed by atoms with Gasteiger partial charge in [-0.2, -0.15) is 0 Å². The van der Waals surface area contributed by atoms with Crippen LogP contribution in [0.15, 0.2) is 36.5 Å². The molecule has 0 amide bonds. The topological polar surface area (TPSA) is 134 Å². The number of allylic oxidation sites excluding steroid dienone is 6. The van der Waals surface area contributed by atoms with E-state index in [4.69, 9.17) is 24.3 Å². The maximum atomic E-state index is 12.6. The molecule has 0 saturated carbocycles. The SMILES string of the molecule is CCCC/C=C/CCCCCCCCCCCC(=O)O[C@H](COC(=O)CCC/C=C/C/C=C/CCCCCCCCCCC)COP(=O)(O)OCCN. The summed E-state index contributed by atoms with van der Waals surface area (Å²) in [6, 6.07) is 0. The molecule has 0 rings (SSSR count). The predicted molar refractivity (Wildman–Crippen MR) is 220 cm³/mol. The van der Waals surface area contributed by atoms with Crippen molar-refractivity contribution >= 4 is 19.8 Å². The Morgan fingerprint density at radius 3 is 1.57 bits per heavy atom. The van der Waals surface area contributed by atoms with Gasteiger partial charge >= 0.3 is 19.8 Å². The fraction of sp³-hybridized carbons (Fsp3) is 0.814. The Morgan fingerprint density at radius 2 is 1.02 bits per heavy atom. The van der Waals surface area contributed by atoms with Gasteiger partial charge in [0.05, 0.1) is 13.2 Å². The van der Waals surface area contributed by atoms with Gasteiger partial charge in [-0.05, 0) is 57.8 Å². The second-order valence-electron chi connectivity index (χ2n) is 14.2. The molecule has 0 saturated heterocycles. The maximum Gasteiger partial charge on any atom is 0.472 e. The number of hydrogen-bond donors (Lipinski definition) is 2. The lowest BCUT2D eigenvalue weighted by molar-refractivity contribution is -0.161. The van der Waals surface area contributed by atoms with Gasteiger partial charge in [0.15, 0.2) is 6.10 Å². The third-order valence-electron chi connectivity index (χ3n) is 9.00. The molecule has 0 aliphatic carbocycles. The largest absolute Gasteiger partial charge is 0.472 e. The molecule has 2 atom stereocenters. The van der Waals surface area contributed by atoms with E-state index in [9.17, 15) is 19.0 Å². The first-order valence-corrected chi connectivity index (χ1v) is 23.0. The number of unbranched alkanes of at least 4 members (excludes halogenated alkanes) is 21. The van der Waals surface area contributed by atoms with Crippen LogP contribution in [0.5, 0.6) is 0 Å². The Labute approximate surface area is 324 Å². The third kappa shape index (κ3) is 39.7. The van der Waals surface area contributed by atoms with E-state index in [1.54, 1.807) is 0 Å². The summed E-state index contributed by atoms with van der Waals surface area (Å²) < 4.78 is 32.7. The molecule has 53 heavy (non-hydrogen) atoms. The average Bonchev–Trinajstić information content (AvgIpc) is 3.14. The molecule has 0 radical (unpaired) electrons. The zero-order valence-electron chi connectivity index (χ0n) is 34.0. The van der Waals surface area contributed by atoms with Crippen LogP contribution in [0.1, 0.15) is 194 Å². The highest BCUT2D eigenvalue weighted by Crippen LogP contribution is 2.43. The summed E-state index contributed by atoms with van der Waals surface area (Å²) in [5.74, 6) is -0.882. The number of nitrogens with two attached hydrogens (primary N) is 1. The Bertz CT molecular complexity index is 970. The van der Waals surface area contributed by atoms with Crippen molar-refractivity contribution in [3.8, 4) is 0 Å². The summed E-state index contributed by atoms with van der Waals surface area (Å²) in [5, 5.41) is 0. The van der Waals surface area contributed by atoms with Crippen molar-refractivity contribution in [3.63, 3.8) is 0 Å². The number of ether oxygens (including phenoxy) is 2. The Balaban J connectivity index is 4.21. The second-order valence-corrected chi connectivity index (χ2v) is 15.7. The van der Waals surface area contributed by atoms with E-state index >= 15 is 0 Å². The van der Waals surface area contributed by atoms with Gasteiger partial charge < -0.3 is 20.1 Å². The van der Waals surface area contributed by atoms with Gasteiger partial charge in [-0.15, -0.1) is 0 Å². The minimum absolute atomic E-state index is 0.0479. The van der Waals surface area contributed by atoms with Crippen LogP contribution >= 0.6 is 7.82 Å². The molecule has 0 aliphatic heterocycles. The van der Waals surface area contributed by atoms with Crippen LogP contribution in [0.4, 0.5) is 0 Å². The fourth-order valence-corrected chi connectivity index (χ4v) is 6.54. The van der Waals surface area contributed by atoms with Gasteiger partial charge in [-0.3, -0.25) is 18.6 Å². The predicted octanol–water partition coefficient (Wildman–Crippen LogP) is 12.2. The normalized spacial score (nSPS) is 13.7. The quantitative estimate of drug-likeness (QED) is 0.0270. The van der Waals surface area contributed by atoms with Crippen molar-refractivity contribution in [1.82, 2.24) is 0 Å². The lowest BCUT2D eigenvalue weighted by Crippen LogP contribution is -2.29. The molecule has 1 unspecified atom stereocenters. The van der Waals surface area contributed by atoms with E-state index in [1.165, 1.54) is 116 Å². The van der Waals surface area contributed by atoms with Crippen molar-refractivity contribution in [2.75, 3.05) is 26.4 Å². The van der Waals surface area contributed by atoms with E-state index in [0.717, 1.165) is 38.5 Å². The molecule has 0 aromatic carbocycles. The number of rotatable bonds is 40. The lowest BCUT2D eigenvalue weighted by atomic mass is 10.1. The molecule has 10 heteroatoms. The molecule has 310 valence electrons. The summed E-state index contributed by atoms with van der Waals surface area (Å²) in [6.45, 7) is 3.66. The number of esters is 2. The van der Waals surface area contributed by atoms with Crippen LogP contribution in [0, 0.1) is 0 Å². The minimum Gasteiger partial charge on any atom is -0.462 e. The monoisotopic (exact) mass is 770 g/mol. The summed E-state index contributed by atoms with van der Waals surface area (Å²) in [6.07, 6.45) is 43.2. The fourth-order valence-electron chi connectivity index (χ4n) is 5.77. The first kappa shape index (κ1) is 51.2. The first-order chi connectivity index (χ1) is 25.8. The van der Waals surface area contributed by atoms with Crippen LogP contribution in [0.2, 0.25) is 0 Å². The Morgan fingerprint density at radius 1 is 0.566 bits per heavy atom. The molecule has 9 nitrogen and oxygen atoms in total. The van der Waals surface area contributed by atoms with E-state index in [0.29, 0.717) is 12.8 Å². The summed E-state index contributed by atoms with van der Waals surface area (Å²) >= 11 is 0. The Hall–Kier alpha value is -1.77. The number of carbonyl (C=O) groups is 2. The summed E-state index contributed by atoms with van der Waals surface area (Å²) in [5.41, 5.74) is 5.34. The third-order valence-corrected chi connectivity index (χ3v) is 9.98. The molecule has 0 aliphatic rings. The Kier molecular flexibility index (Phi) is 38.6. The molecule has 0 bridgehead atoms. The van der Waals surface area contributed by atoms with E-state index < -0.39 is 32.5 Å². The second kappa shape index (κ2) is 39.9. The molecular weight excluding hydrogens is 689 g/mol. The molecule has 0 aromatic rings. The van der Waals surface area contributed by atoms with Crippen molar-refractivity contribution in [2.24, 2.45) is 5.73 Å². The molecular formula is C43H80NO8P. The number of hydrogen-bond acceptors (Lipinski definition) is 8. The molecule has 3 N–H and O–H groups in total. The number of phosphoric ester groups is 1. The molecule has 0 spiro atoms. The number of phosphoric acid groups is 1. The van der Waals surface area contributed by atoms with Crippen molar-refractivity contribution in [1.29, 1.82) is 0 Å². The maximum absolute atomic E-state index is 12.6. The van der Waals surface area contributed by atoms with E-state index in [1.807, 2.05) is 0 Å². The van der Waals surface area contributed by atoms with Crippen molar-refractivity contribution < 1.29 is 37.6 Å². The van der Waals surface area contributed by atoms with Crippen molar-refractivity contribution in [2.45, 2.75) is 200 Å². The van der Waals surface area contributed by atoms with E-state index in [2.05, 4.69) is 50.3 Å². The van der Waals surface area contributed by atoms with Gasteiger partial charge in [0.25, 0.3) is 0 Å². The summed E-state index contributed by atoms with van der Waals surface area (Å²) in [4.78, 5) is 34.8. The van der Waals surface area contributed by atoms with Crippen LogP contribution in [-0.4, -0.2) is 49.3 Å². The molecule has 0 aromatic heterocycles. The highest BCUT2D eigenvalue weighted by molar-refractivity contribution is 7.47. The zero-order valence-corrected chi connectivity index (χ0v) is 34.9. The molecule has 0 heterocycles. The van der Waals surface area contributed by atoms with Crippen molar-refractivity contribution in [3.05, 3.63) is 36.5 Å². The van der Waals surface area contributed by atoms with Crippen LogP contribution in [0.3, 0.4) is 0 Å².